The van der Waals surface area contributed by atoms with Crippen LogP contribution in [-0.4, -0.2) is 48.9 Å². The summed E-state index contributed by atoms with van der Waals surface area (Å²) in [6, 6.07) is 12.6. The van der Waals surface area contributed by atoms with E-state index in [9.17, 15) is 24.0 Å². The zero-order valence-corrected chi connectivity index (χ0v) is 21.2. The van der Waals surface area contributed by atoms with Crippen LogP contribution in [0.1, 0.15) is 39.9 Å². The Morgan fingerprint density at radius 3 is 2.67 bits per heavy atom. The van der Waals surface area contributed by atoms with E-state index < -0.39 is 28.6 Å². The van der Waals surface area contributed by atoms with Crippen molar-refractivity contribution in [3.05, 3.63) is 91.4 Å². The van der Waals surface area contributed by atoms with Gasteiger partial charge in [-0.3, -0.25) is 18.5 Å². The Morgan fingerprint density at radius 1 is 1.21 bits per heavy atom. The summed E-state index contributed by atoms with van der Waals surface area (Å²) >= 11 is 0. The van der Waals surface area contributed by atoms with Crippen molar-refractivity contribution in [1.29, 1.82) is 5.26 Å². The molecule has 2 aromatic heterocycles. The molecule has 5 rings (SSSR count). The van der Waals surface area contributed by atoms with Gasteiger partial charge in [0.15, 0.2) is 11.2 Å². The first-order chi connectivity index (χ1) is 18.7. The van der Waals surface area contributed by atoms with Gasteiger partial charge in [-0.1, -0.05) is 24.3 Å². The van der Waals surface area contributed by atoms with E-state index in [0.29, 0.717) is 30.2 Å². The Bertz CT molecular complexity index is 1760. The second kappa shape index (κ2) is 10.2. The molecule has 1 fully saturated rings. The molecule has 12 heteroatoms. The standard InChI is InChI=1S/C27H26FN7O4/c1-32-23-22(24(36)35(27(32)39)13-16-8-9-20(25(37)38)21(28)11-16)34(14-18-6-3-2-5-17(18)12-29)26(31-23)33-10-4-7-19(30)15-33/h2-3,5-6,8-9,11,19H,4,7,10,13-15,30H2,1H3,(H,37,38)/t19-/m1/s1. The van der Waals surface area contributed by atoms with Crippen molar-refractivity contribution in [3.63, 3.8) is 0 Å². The van der Waals surface area contributed by atoms with Crippen molar-refractivity contribution in [2.24, 2.45) is 12.8 Å². The Hall–Kier alpha value is -4.76. The molecule has 1 aliphatic rings. The number of aryl methyl sites for hydroxylation is 1. The normalized spacial score (nSPS) is 15.4. The molecule has 0 saturated carbocycles. The first kappa shape index (κ1) is 25.9. The van der Waals surface area contributed by atoms with Crippen LogP contribution in [0, 0.1) is 17.1 Å². The number of hydrogen-bond acceptors (Lipinski definition) is 7. The summed E-state index contributed by atoms with van der Waals surface area (Å²) in [5.74, 6) is -1.91. The van der Waals surface area contributed by atoms with Crippen LogP contribution in [0.3, 0.4) is 0 Å². The fourth-order valence-corrected chi connectivity index (χ4v) is 5.03. The molecule has 39 heavy (non-hydrogen) atoms. The number of anilines is 1. The Labute approximate surface area is 221 Å². The number of nitrogens with two attached hydrogens (primary N) is 1. The highest BCUT2D eigenvalue weighted by molar-refractivity contribution is 5.87. The number of benzene rings is 2. The minimum Gasteiger partial charge on any atom is -0.478 e. The van der Waals surface area contributed by atoms with E-state index in [0.717, 1.165) is 29.5 Å². The molecule has 200 valence electrons. The number of hydrogen-bond donors (Lipinski definition) is 2. The summed E-state index contributed by atoms with van der Waals surface area (Å²) in [6.45, 7) is 1.05. The monoisotopic (exact) mass is 531 g/mol. The lowest BCUT2D eigenvalue weighted by Gasteiger charge is -2.32. The maximum atomic E-state index is 14.3. The lowest BCUT2D eigenvalue weighted by Crippen LogP contribution is -2.44. The van der Waals surface area contributed by atoms with Gasteiger partial charge in [0, 0.05) is 26.2 Å². The van der Waals surface area contributed by atoms with E-state index in [1.165, 1.54) is 17.7 Å². The summed E-state index contributed by atoms with van der Waals surface area (Å²) in [6.07, 6.45) is 1.69. The van der Waals surface area contributed by atoms with Gasteiger partial charge in [-0.2, -0.15) is 10.2 Å². The molecule has 0 bridgehead atoms. The van der Waals surface area contributed by atoms with Gasteiger partial charge in [0.2, 0.25) is 5.95 Å². The second-order valence-electron chi connectivity index (χ2n) is 9.64. The fourth-order valence-electron chi connectivity index (χ4n) is 5.03. The van der Waals surface area contributed by atoms with Crippen LogP contribution in [-0.2, 0) is 20.1 Å². The lowest BCUT2D eigenvalue weighted by molar-refractivity contribution is 0.0692. The Balaban J connectivity index is 1.71. The van der Waals surface area contributed by atoms with Gasteiger partial charge in [0.25, 0.3) is 5.56 Å². The largest absolute Gasteiger partial charge is 0.478 e. The maximum absolute atomic E-state index is 14.3. The first-order valence-corrected chi connectivity index (χ1v) is 12.4. The van der Waals surface area contributed by atoms with Crippen molar-refractivity contribution < 1.29 is 14.3 Å². The third-order valence-corrected chi connectivity index (χ3v) is 7.02. The van der Waals surface area contributed by atoms with Crippen LogP contribution >= 0.6 is 0 Å². The number of piperidine rings is 1. The van der Waals surface area contributed by atoms with Crippen LogP contribution in [0.4, 0.5) is 10.3 Å². The van der Waals surface area contributed by atoms with Crippen LogP contribution in [0.25, 0.3) is 11.2 Å². The molecule has 1 saturated heterocycles. The summed E-state index contributed by atoms with van der Waals surface area (Å²) < 4.78 is 18.3. The summed E-state index contributed by atoms with van der Waals surface area (Å²) in [5, 5.41) is 18.8. The Kier molecular flexibility index (Phi) is 6.76. The minimum absolute atomic E-state index is 0.0810. The van der Waals surface area contributed by atoms with E-state index in [-0.39, 0.29) is 35.9 Å². The molecule has 0 aliphatic carbocycles. The number of carboxylic acids is 1. The van der Waals surface area contributed by atoms with Gasteiger partial charge in [0.05, 0.1) is 30.3 Å². The van der Waals surface area contributed by atoms with Crippen LogP contribution in [0.2, 0.25) is 0 Å². The van der Waals surface area contributed by atoms with Crippen LogP contribution in [0.5, 0.6) is 0 Å². The molecular weight excluding hydrogens is 505 g/mol. The van der Waals surface area contributed by atoms with E-state index in [1.54, 1.807) is 28.8 Å². The molecule has 1 aliphatic heterocycles. The second-order valence-corrected chi connectivity index (χ2v) is 9.64. The number of imidazole rings is 1. The molecule has 3 heterocycles. The number of fused-ring (bicyclic) bond motifs is 1. The van der Waals surface area contributed by atoms with Crippen molar-refractivity contribution in [2.45, 2.75) is 32.0 Å². The van der Waals surface area contributed by atoms with Gasteiger partial charge in [0.1, 0.15) is 5.82 Å². The quantitative estimate of drug-likeness (QED) is 0.381. The number of halogens is 1. The fraction of sp³-hybridized carbons (Fsp3) is 0.296. The van der Waals surface area contributed by atoms with E-state index in [1.807, 2.05) is 4.90 Å². The van der Waals surface area contributed by atoms with Gasteiger partial charge in [-0.25, -0.2) is 14.0 Å². The molecule has 4 aromatic rings. The smallest absolute Gasteiger partial charge is 0.338 e. The number of rotatable bonds is 6. The van der Waals surface area contributed by atoms with Gasteiger partial charge in [-0.15, -0.1) is 0 Å². The number of aromatic nitrogens is 4. The number of carboxylic acid groups (broad SMARTS) is 1. The average molecular weight is 532 g/mol. The maximum Gasteiger partial charge on any atom is 0.338 e. The third-order valence-electron chi connectivity index (χ3n) is 7.02. The molecule has 0 radical (unpaired) electrons. The highest BCUT2D eigenvalue weighted by atomic mass is 19.1. The first-order valence-electron chi connectivity index (χ1n) is 12.4. The Morgan fingerprint density at radius 2 is 1.97 bits per heavy atom. The number of nitrogens with zero attached hydrogens (tertiary/aromatic N) is 6. The van der Waals surface area contributed by atoms with Crippen LogP contribution in [0.15, 0.2) is 52.1 Å². The van der Waals surface area contributed by atoms with E-state index >= 15 is 0 Å². The summed E-state index contributed by atoms with van der Waals surface area (Å²) in [7, 11) is 1.50. The predicted molar refractivity (Wildman–Crippen MR) is 141 cm³/mol. The highest BCUT2D eigenvalue weighted by Crippen LogP contribution is 2.25. The molecule has 0 unspecified atom stereocenters. The zero-order chi connectivity index (χ0) is 27.8. The molecule has 3 N–H and O–H groups in total. The molecular formula is C27H26FN7O4. The molecule has 11 nitrogen and oxygen atoms in total. The van der Waals surface area contributed by atoms with Crippen molar-refractivity contribution in [2.75, 3.05) is 18.0 Å². The molecule has 0 spiro atoms. The summed E-state index contributed by atoms with van der Waals surface area (Å²) in [4.78, 5) is 45.1. The van der Waals surface area contributed by atoms with Crippen molar-refractivity contribution in [1.82, 2.24) is 18.7 Å². The van der Waals surface area contributed by atoms with Gasteiger partial charge >= 0.3 is 11.7 Å². The summed E-state index contributed by atoms with van der Waals surface area (Å²) in [5.41, 5.74) is 6.14. The van der Waals surface area contributed by atoms with E-state index in [2.05, 4.69) is 6.07 Å². The number of aromatic carboxylic acids is 1. The topological polar surface area (TPSA) is 152 Å². The number of carbonyl (C=O) groups is 1. The lowest BCUT2D eigenvalue weighted by atomic mass is 10.1. The minimum atomic E-state index is -1.42. The average Bonchev–Trinajstić information content (AvgIpc) is 3.29. The number of nitriles is 1. The molecule has 0 amide bonds. The van der Waals surface area contributed by atoms with Gasteiger partial charge < -0.3 is 15.7 Å². The van der Waals surface area contributed by atoms with Crippen LogP contribution < -0.4 is 21.9 Å². The molecule has 2 aromatic carbocycles. The highest BCUT2D eigenvalue weighted by Gasteiger charge is 2.27. The van der Waals surface area contributed by atoms with E-state index in [4.69, 9.17) is 15.8 Å². The predicted octanol–water partition coefficient (Wildman–Crippen LogP) is 1.63. The third kappa shape index (κ3) is 4.68. The zero-order valence-electron chi connectivity index (χ0n) is 21.2. The van der Waals surface area contributed by atoms with Crippen molar-refractivity contribution >= 4 is 23.1 Å². The molecule has 1 atom stereocenters. The van der Waals surface area contributed by atoms with Crippen molar-refractivity contribution in [3.8, 4) is 6.07 Å². The SMILES string of the molecule is Cn1c(=O)n(Cc2ccc(C(=O)O)c(F)c2)c(=O)c2c1nc(N1CCC[C@@H](N)C1)n2Cc1ccccc1C#N. The van der Waals surface area contributed by atoms with Gasteiger partial charge in [-0.05, 0) is 42.2 Å².